The van der Waals surface area contributed by atoms with Gasteiger partial charge in [0.2, 0.25) is 0 Å². The zero-order valence-corrected chi connectivity index (χ0v) is 11.1. The van der Waals surface area contributed by atoms with Crippen molar-refractivity contribution in [2.75, 3.05) is 6.61 Å². The molecule has 1 rings (SSSR count). The number of nitro benzene ring substituents is 1. The molecule has 5 nitrogen and oxygen atoms in total. The number of aliphatic hydroxyl groups is 1. The molecule has 0 amide bonds. The Morgan fingerprint density at radius 2 is 2.29 bits per heavy atom. The molecule has 0 aliphatic heterocycles. The van der Waals surface area contributed by atoms with Crippen molar-refractivity contribution in [2.24, 2.45) is 0 Å². The second-order valence-corrected chi connectivity index (χ2v) is 4.61. The number of benzene rings is 1. The van der Waals surface area contributed by atoms with Crippen LogP contribution in [0.4, 0.5) is 5.69 Å². The highest BCUT2D eigenvalue weighted by atomic mass is 79.9. The fraction of sp³-hybridized carbons (Fsp3) is 0.455. The Balaban J connectivity index is 2.81. The summed E-state index contributed by atoms with van der Waals surface area (Å²) in [7, 11) is 0. The van der Waals surface area contributed by atoms with Gasteiger partial charge in [-0.3, -0.25) is 10.1 Å². The summed E-state index contributed by atoms with van der Waals surface area (Å²) in [5.74, 6) is 0. The lowest BCUT2D eigenvalue weighted by Crippen LogP contribution is -2.31. The summed E-state index contributed by atoms with van der Waals surface area (Å²) in [5, 5.41) is 22.9. The normalized spacial score (nSPS) is 12.4. The van der Waals surface area contributed by atoms with Gasteiger partial charge in [-0.1, -0.05) is 22.9 Å². The van der Waals surface area contributed by atoms with E-state index in [0.29, 0.717) is 12.1 Å². The van der Waals surface area contributed by atoms with Gasteiger partial charge in [0.15, 0.2) is 0 Å². The summed E-state index contributed by atoms with van der Waals surface area (Å²) in [5.41, 5.74) is 0.699. The summed E-state index contributed by atoms with van der Waals surface area (Å²) in [6, 6.07) is 4.80. The number of hydrogen-bond acceptors (Lipinski definition) is 4. The van der Waals surface area contributed by atoms with Crippen molar-refractivity contribution in [3.8, 4) is 0 Å². The Labute approximate surface area is 108 Å². The standard InChI is InChI=1S/C11H15BrN2O3/c1-2-10(7-15)13-6-8-5-9(12)3-4-11(8)14(16)17/h3-5,10,13,15H,2,6-7H2,1H3. The third kappa shape index (κ3) is 4.07. The SMILES string of the molecule is CCC(CO)NCc1cc(Br)ccc1[N+](=O)[O-]. The largest absolute Gasteiger partial charge is 0.395 e. The van der Waals surface area contributed by atoms with Gasteiger partial charge >= 0.3 is 0 Å². The lowest BCUT2D eigenvalue weighted by Gasteiger charge is -2.14. The van der Waals surface area contributed by atoms with Gasteiger partial charge in [0.1, 0.15) is 0 Å². The molecule has 17 heavy (non-hydrogen) atoms. The molecular weight excluding hydrogens is 288 g/mol. The molecule has 0 radical (unpaired) electrons. The van der Waals surface area contributed by atoms with Crippen LogP contribution in [-0.2, 0) is 6.54 Å². The van der Waals surface area contributed by atoms with Gasteiger partial charge in [-0.25, -0.2) is 0 Å². The molecule has 0 saturated carbocycles. The average molecular weight is 303 g/mol. The minimum absolute atomic E-state index is 0.0261. The van der Waals surface area contributed by atoms with Crippen LogP contribution in [0.3, 0.4) is 0 Å². The summed E-state index contributed by atoms with van der Waals surface area (Å²) < 4.78 is 0.803. The first-order chi connectivity index (χ1) is 8.08. The van der Waals surface area contributed by atoms with E-state index in [1.165, 1.54) is 6.07 Å². The lowest BCUT2D eigenvalue weighted by molar-refractivity contribution is -0.385. The number of nitrogens with one attached hydrogen (secondary N) is 1. The molecular formula is C11H15BrN2O3. The molecule has 94 valence electrons. The van der Waals surface area contributed by atoms with E-state index < -0.39 is 4.92 Å². The van der Waals surface area contributed by atoms with Crippen LogP contribution in [0.2, 0.25) is 0 Å². The van der Waals surface area contributed by atoms with Crippen LogP contribution in [0.15, 0.2) is 22.7 Å². The first-order valence-electron chi connectivity index (χ1n) is 5.35. The molecule has 1 unspecified atom stereocenters. The third-order valence-electron chi connectivity index (χ3n) is 2.53. The van der Waals surface area contributed by atoms with E-state index in [1.54, 1.807) is 12.1 Å². The molecule has 0 aliphatic rings. The summed E-state index contributed by atoms with van der Waals surface area (Å²) >= 11 is 3.29. The van der Waals surface area contributed by atoms with Crippen LogP contribution in [0.1, 0.15) is 18.9 Å². The Morgan fingerprint density at radius 3 is 2.82 bits per heavy atom. The van der Waals surface area contributed by atoms with Crippen LogP contribution in [0.25, 0.3) is 0 Å². The van der Waals surface area contributed by atoms with Crippen LogP contribution in [0.5, 0.6) is 0 Å². The molecule has 0 aliphatic carbocycles. The Kier molecular flexibility index (Phi) is 5.54. The molecule has 0 fully saturated rings. The fourth-order valence-corrected chi connectivity index (χ4v) is 1.87. The van der Waals surface area contributed by atoms with Crippen molar-refractivity contribution >= 4 is 21.6 Å². The minimum Gasteiger partial charge on any atom is -0.395 e. The van der Waals surface area contributed by atoms with E-state index in [0.717, 1.165) is 10.9 Å². The Morgan fingerprint density at radius 1 is 1.59 bits per heavy atom. The van der Waals surface area contributed by atoms with E-state index in [1.807, 2.05) is 6.92 Å². The topological polar surface area (TPSA) is 75.4 Å². The first kappa shape index (κ1) is 14.1. The summed E-state index contributed by atoms with van der Waals surface area (Å²) in [6.45, 7) is 2.34. The Bertz CT molecular complexity index is 394. The van der Waals surface area contributed by atoms with E-state index in [9.17, 15) is 10.1 Å². The second kappa shape index (κ2) is 6.68. The van der Waals surface area contributed by atoms with E-state index >= 15 is 0 Å². The number of halogens is 1. The van der Waals surface area contributed by atoms with E-state index in [4.69, 9.17) is 5.11 Å². The molecule has 1 atom stereocenters. The monoisotopic (exact) mass is 302 g/mol. The zero-order valence-electron chi connectivity index (χ0n) is 9.52. The molecule has 6 heteroatoms. The highest BCUT2D eigenvalue weighted by molar-refractivity contribution is 9.10. The molecule has 1 aromatic carbocycles. The smallest absolute Gasteiger partial charge is 0.273 e. The highest BCUT2D eigenvalue weighted by Crippen LogP contribution is 2.22. The van der Waals surface area contributed by atoms with Gasteiger partial charge in [-0.2, -0.15) is 0 Å². The number of hydrogen-bond donors (Lipinski definition) is 2. The van der Waals surface area contributed by atoms with Gasteiger partial charge in [-0.15, -0.1) is 0 Å². The lowest BCUT2D eigenvalue weighted by atomic mass is 10.1. The zero-order chi connectivity index (χ0) is 12.8. The highest BCUT2D eigenvalue weighted by Gasteiger charge is 2.14. The first-order valence-corrected chi connectivity index (χ1v) is 6.14. The molecule has 0 heterocycles. The molecule has 2 N–H and O–H groups in total. The maximum absolute atomic E-state index is 10.8. The average Bonchev–Trinajstić information content (AvgIpc) is 2.30. The van der Waals surface area contributed by atoms with Crippen molar-refractivity contribution < 1.29 is 10.0 Å². The summed E-state index contributed by atoms with van der Waals surface area (Å²) in [6.07, 6.45) is 0.776. The number of aliphatic hydroxyl groups excluding tert-OH is 1. The predicted molar refractivity (Wildman–Crippen MR) is 68.8 cm³/mol. The van der Waals surface area contributed by atoms with Gasteiger partial charge in [0, 0.05) is 28.7 Å². The van der Waals surface area contributed by atoms with Crippen LogP contribution in [0, 0.1) is 10.1 Å². The van der Waals surface area contributed by atoms with Crippen molar-refractivity contribution in [1.82, 2.24) is 5.32 Å². The fourth-order valence-electron chi connectivity index (χ4n) is 1.47. The molecule has 0 saturated heterocycles. The number of rotatable bonds is 6. The van der Waals surface area contributed by atoms with Crippen LogP contribution < -0.4 is 5.32 Å². The van der Waals surface area contributed by atoms with Crippen molar-refractivity contribution in [1.29, 1.82) is 0 Å². The van der Waals surface area contributed by atoms with Crippen LogP contribution in [-0.4, -0.2) is 22.7 Å². The maximum atomic E-state index is 10.8. The summed E-state index contributed by atoms with van der Waals surface area (Å²) in [4.78, 5) is 10.4. The number of nitrogens with zero attached hydrogens (tertiary/aromatic N) is 1. The van der Waals surface area contributed by atoms with Gasteiger partial charge in [0.25, 0.3) is 5.69 Å². The van der Waals surface area contributed by atoms with Crippen molar-refractivity contribution in [3.05, 3.63) is 38.3 Å². The number of nitro groups is 1. The predicted octanol–water partition coefficient (Wildman–Crippen LogP) is 2.22. The third-order valence-corrected chi connectivity index (χ3v) is 3.03. The van der Waals surface area contributed by atoms with Crippen molar-refractivity contribution in [2.45, 2.75) is 25.9 Å². The van der Waals surface area contributed by atoms with Gasteiger partial charge < -0.3 is 10.4 Å². The second-order valence-electron chi connectivity index (χ2n) is 3.70. The molecule has 0 spiro atoms. The van der Waals surface area contributed by atoms with Crippen LogP contribution >= 0.6 is 15.9 Å². The quantitative estimate of drug-likeness (QED) is 0.624. The molecule has 0 bridgehead atoms. The molecule has 0 aromatic heterocycles. The Hall–Kier alpha value is -0.980. The maximum Gasteiger partial charge on any atom is 0.273 e. The van der Waals surface area contributed by atoms with Gasteiger partial charge in [0.05, 0.1) is 11.5 Å². The minimum atomic E-state index is -0.399. The van der Waals surface area contributed by atoms with Gasteiger partial charge in [-0.05, 0) is 18.6 Å². The van der Waals surface area contributed by atoms with E-state index in [-0.39, 0.29) is 18.3 Å². The van der Waals surface area contributed by atoms with Crippen molar-refractivity contribution in [3.63, 3.8) is 0 Å². The molecule has 1 aromatic rings. The van der Waals surface area contributed by atoms with E-state index in [2.05, 4.69) is 21.2 Å².